The van der Waals surface area contributed by atoms with Crippen molar-refractivity contribution < 1.29 is 0 Å². The molecule has 3 nitrogen and oxygen atoms in total. The fraction of sp³-hybridized carbons (Fsp3) is 1.00. The highest BCUT2D eigenvalue weighted by Gasteiger charge is 2.23. The molecule has 3 heteroatoms. The summed E-state index contributed by atoms with van der Waals surface area (Å²) in [6.07, 6.45) is 2.58. The average molecular weight is 241 g/mol. The van der Waals surface area contributed by atoms with Crippen molar-refractivity contribution in [2.24, 2.45) is 0 Å². The van der Waals surface area contributed by atoms with Gasteiger partial charge in [0.2, 0.25) is 0 Å². The fourth-order valence-corrected chi connectivity index (χ4v) is 2.91. The molecule has 102 valence electrons. The van der Waals surface area contributed by atoms with Crippen molar-refractivity contribution >= 4 is 0 Å². The van der Waals surface area contributed by atoms with Crippen LogP contribution in [0, 0.1) is 0 Å². The van der Waals surface area contributed by atoms with Gasteiger partial charge in [0.15, 0.2) is 0 Å². The van der Waals surface area contributed by atoms with Crippen LogP contribution in [0.1, 0.15) is 40.5 Å². The van der Waals surface area contributed by atoms with Gasteiger partial charge in [-0.3, -0.25) is 9.80 Å². The highest BCUT2D eigenvalue weighted by atomic mass is 15.3. The van der Waals surface area contributed by atoms with E-state index in [2.05, 4.69) is 42.8 Å². The molecule has 2 atom stereocenters. The second kappa shape index (κ2) is 8.06. The van der Waals surface area contributed by atoms with E-state index in [1.165, 1.54) is 45.6 Å². The zero-order chi connectivity index (χ0) is 12.7. The Morgan fingerprint density at radius 2 is 2.00 bits per heavy atom. The highest BCUT2D eigenvalue weighted by molar-refractivity contribution is 4.81. The first kappa shape index (κ1) is 14.9. The van der Waals surface area contributed by atoms with Gasteiger partial charge in [0.1, 0.15) is 0 Å². The molecule has 1 fully saturated rings. The average Bonchev–Trinajstić information content (AvgIpc) is 2.30. The molecule has 0 aromatic rings. The van der Waals surface area contributed by atoms with E-state index in [0.29, 0.717) is 6.04 Å². The Morgan fingerprint density at radius 1 is 1.24 bits per heavy atom. The summed E-state index contributed by atoms with van der Waals surface area (Å²) in [6, 6.07) is 1.41. The Kier molecular flexibility index (Phi) is 7.09. The minimum absolute atomic E-state index is 0.686. The Bertz CT molecular complexity index is 190. The van der Waals surface area contributed by atoms with Crippen molar-refractivity contribution in [1.82, 2.24) is 15.1 Å². The molecule has 1 aliphatic heterocycles. The van der Waals surface area contributed by atoms with E-state index in [4.69, 9.17) is 0 Å². The molecule has 0 saturated carbocycles. The zero-order valence-electron chi connectivity index (χ0n) is 12.2. The van der Waals surface area contributed by atoms with Gasteiger partial charge in [-0.1, -0.05) is 27.2 Å². The SMILES string of the molecule is CCCC(CN1CCN(CC)C(C)C1)NCC. The largest absolute Gasteiger partial charge is 0.313 e. The molecule has 2 unspecified atom stereocenters. The van der Waals surface area contributed by atoms with E-state index in [-0.39, 0.29) is 0 Å². The van der Waals surface area contributed by atoms with Crippen molar-refractivity contribution in [2.75, 3.05) is 39.3 Å². The Morgan fingerprint density at radius 3 is 2.53 bits per heavy atom. The molecule has 0 aromatic heterocycles. The zero-order valence-corrected chi connectivity index (χ0v) is 12.2. The molecular formula is C14H31N3. The van der Waals surface area contributed by atoms with E-state index >= 15 is 0 Å². The predicted molar refractivity (Wildman–Crippen MR) is 75.5 cm³/mol. The van der Waals surface area contributed by atoms with Crippen molar-refractivity contribution in [3.63, 3.8) is 0 Å². The van der Waals surface area contributed by atoms with Crippen molar-refractivity contribution in [1.29, 1.82) is 0 Å². The molecule has 17 heavy (non-hydrogen) atoms. The van der Waals surface area contributed by atoms with Crippen LogP contribution in [0.15, 0.2) is 0 Å². The lowest BCUT2D eigenvalue weighted by Gasteiger charge is -2.40. The van der Waals surface area contributed by atoms with Gasteiger partial charge in [-0.15, -0.1) is 0 Å². The molecule has 0 aromatic carbocycles. The van der Waals surface area contributed by atoms with Crippen LogP contribution in [-0.4, -0.2) is 61.2 Å². The van der Waals surface area contributed by atoms with Gasteiger partial charge in [-0.05, 0) is 26.4 Å². The maximum atomic E-state index is 3.62. The molecule has 1 N–H and O–H groups in total. The standard InChI is InChI=1S/C14H31N3/c1-5-8-14(15-6-2)12-16-9-10-17(7-3)13(4)11-16/h13-15H,5-12H2,1-4H3. The van der Waals surface area contributed by atoms with Crippen LogP contribution in [0.5, 0.6) is 0 Å². The molecule has 1 rings (SSSR count). The molecule has 1 aliphatic rings. The highest BCUT2D eigenvalue weighted by Crippen LogP contribution is 2.10. The lowest BCUT2D eigenvalue weighted by Crippen LogP contribution is -2.54. The predicted octanol–water partition coefficient (Wildman–Crippen LogP) is 1.79. The molecular weight excluding hydrogens is 210 g/mol. The number of piperazine rings is 1. The first-order valence-corrected chi connectivity index (χ1v) is 7.40. The summed E-state index contributed by atoms with van der Waals surface area (Å²) >= 11 is 0. The van der Waals surface area contributed by atoms with Gasteiger partial charge in [0.05, 0.1) is 0 Å². The molecule has 1 heterocycles. The van der Waals surface area contributed by atoms with Crippen LogP contribution >= 0.6 is 0 Å². The van der Waals surface area contributed by atoms with Gasteiger partial charge >= 0.3 is 0 Å². The summed E-state index contributed by atoms with van der Waals surface area (Å²) in [6.45, 7) is 16.3. The Labute approximate surface area is 108 Å². The maximum absolute atomic E-state index is 3.62. The van der Waals surface area contributed by atoms with E-state index in [0.717, 1.165) is 12.6 Å². The molecule has 0 spiro atoms. The van der Waals surface area contributed by atoms with E-state index in [1.54, 1.807) is 0 Å². The van der Waals surface area contributed by atoms with Crippen molar-refractivity contribution in [2.45, 2.75) is 52.6 Å². The molecule has 0 radical (unpaired) electrons. The van der Waals surface area contributed by atoms with Crippen LogP contribution in [0.3, 0.4) is 0 Å². The van der Waals surface area contributed by atoms with Crippen LogP contribution in [0.2, 0.25) is 0 Å². The third-order valence-corrected chi connectivity index (χ3v) is 3.86. The molecule has 0 aliphatic carbocycles. The molecule has 0 amide bonds. The third-order valence-electron chi connectivity index (χ3n) is 3.86. The van der Waals surface area contributed by atoms with E-state index < -0.39 is 0 Å². The van der Waals surface area contributed by atoms with Gasteiger partial charge in [0, 0.05) is 38.3 Å². The van der Waals surface area contributed by atoms with Gasteiger partial charge in [-0.2, -0.15) is 0 Å². The van der Waals surface area contributed by atoms with Gasteiger partial charge in [-0.25, -0.2) is 0 Å². The van der Waals surface area contributed by atoms with Gasteiger partial charge in [0.25, 0.3) is 0 Å². The van der Waals surface area contributed by atoms with E-state index in [1.807, 2.05) is 0 Å². The number of nitrogens with one attached hydrogen (secondary N) is 1. The maximum Gasteiger partial charge on any atom is 0.0195 e. The van der Waals surface area contributed by atoms with Crippen LogP contribution in [0.25, 0.3) is 0 Å². The summed E-state index contributed by atoms with van der Waals surface area (Å²) in [5, 5.41) is 3.62. The summed E-state index contributed by atoms with van der Waals surface area (Å²) in [5.74, 6) is 0. The lowest BCUT2D eigenvalue weighted by molar-refractivity contribution is 0.0805. The van der Waals surface area contributed by atoms with Gasteiger partial charge < -0.3 is 5.32 Å². The third kappa shape index (κ3) is 4.94. The molecule has 0 bridgehead atoms. The van der Waals surface area contributed by atoms with Crippen LogP contribution in [0.4, 0.5) is 0 Å². The number of likely N-dealkylation sites (N-methyl/N-ethyl adjacent to an activating group) is 2. The van der Waals surface area contributed by atoms with Crippen LogP contribution in [-0.2, 0) is 0 Å². The first-order valence-electron chi connectivity index (χ1n) is 7.40. The summed E-state index contributed by atoms with van der Waals surface area (Å²) < 4.78 is 0. The summed E-state index contributed by atoms with van der Waals surface area (Å²) in [5.41, 5.74) is 0. The molecule has 1 saturated heterocycles. The normalized spacial score (nSPS) is 25.1. The van der Waals surface area contributed by atoms with E-state index in [9.17, 15) is 0 Å². The summed E-state index contributed by atoms with van der Waals surface area (Å²) in [7, 11) is 0. The topological polar surface area (TPSA) is 18.5 Å². The van der Waals surface area contributed by atoms with Crippen LogP contribution < -0.4 is 5.32 Å². The quantitative estimate of drug-likeness (QED) is 0.733. The fourth-order valence-electron chi connectivity index (χ4n) is 2.91. The smallest absolute Gasteiger partial charge is 0.0195 e. The number of hydrogen-bond acceptors (Lipinski definition) is 3. The second-order valence-electron chi connectivity index (χ2n) is 5.28. The number of nitrogens with zero attached hydrogens (tertiary/aromatic N) is 2. The minimum atomic E-state index is 0.686. The minimum Gasteiger partial charge on any atom is -0.313 e. The number of hydrogen-bond donors (Lipinski definition) is 1. The second-order valence-corrected chi connectivity index (χ2v) is 5.28. The first-order chi connectivity index (χ1) is 8.21. The lowest BCUT2D eigenvalue weighted by atomic mass is 10.1. The van der Waals surface area contributed by atoms with Crippen molar-refractivity contribution in [3.05, 3.63) is 0 Å². The summed E-state index contributed by atoms with van der Waals surface area (Å²) in [4.78, 5) is 5.22. The Hall–Kier alpha value is -0.120. The number of rotatable bonds is 7. The Balaban J connectivity index is 2.35. The monoisotopic (exact) mass is 241 g/mol. The van der Waals surface area contributed by atoms with Crippen molar-refractivity contribution in [3.8, 4) is 0 Å².